The first-order valence-electron chi connectivity index (χ1n) is 13.0. The maximum atomic E-state index is 4.98. The molecule has 4 nitrogen and oxygen atoms in total. The fourth-order valence-corrected chi connectivity index (χ4v) is 4.92. The van der Waals surface area contributed by atoms with Gasteiger partial charge in [-0.05, 0) is 42.5 Å². The van der Waals surface area contributed by atoms with Crippen molar-refractivity contribution < 1.29 is 0 Å². The molecule has 0 spiro atoms. The van der Waals surface area contributed by atoms with Gasteiger partial charge in [0.15, 0.2) is 5.82 Å². The van der Waals surface area contributed by atoms with E-state index in [4.69, 9.17) is 15.0 Å². The molecule has 7 aromatic rings. The van der Waals surface area contributed by atoms with E-state index in [0.29, 0.717) is 5.82 Å². The number of para-hydroxylation sites is 2. The largest absolute Gasteiger partial charge is 0.292 e. The standard InChI is InChI=1S/C35H24N4/c1-4-12-25(13-5-1)31-24-32(26-14-6-2-7-15-26)37-34(36-31)27-20-22-29(23-21-27)39-33-19-11-10-18-30(33)38-35(39)28-16-8-3-9-17-28/h1-24H. The van der Waals surface area contributed by atoms with Crippen LogP contribution in [0, 0.1) is 0 Å². The molecular formula is C35H24N4. The van der Waals surface area contributed by atoms with Gasteiger partial charge in [-0.15, -0.1) is 0 Å². The van der Waals surface area contributed by atoms with E-state index < -0.39 is 0 Å². The van der Waals surface area contributed by atoms with Gasteiger partial charge in [0.05, 0.1) is 22.4 Å². The van der Waals surface area contributed by atoms with Gasteiger partial charge in [0.25, 0.3) is 0 Å². The lowest BCUT2D eigenvalue weighted by Gasteiger charge is -2.12. The Morgan fingerprint density at radius 2 is 0.923 bits per heavy atom. The first-order valence-corrected chi connectivity index (χ1v) is 13.0. The second-order valence-corrected chi connectivity index (χ2v) is 9.37. The van der Waals surface area contributed by atoms with Crippen molar-refractivity contribution in [2.75, 3.05) is 0 Å². The highest BCUT2D eigenvalue weighted by atomic mass is 15.1. The molecule has 0 unspecified atom stereocenters. The van der Waals surface area contributed by atoms with Gasteiger partial charge in [-0.2, -0.15) is 0 Å². The third kappa shape index (κ3) is 4.38. The van der Waals surface area contributed by atoms with Gasteiger partial charge in [0.2, 0.25) is 0 Å². The number of rotatable bonds is 5. The second kappa shape index (κ2) is 9.84. The molecule has 4 heteroatoms. The van der Waals surface area contributed by atoms with Crippen LogP contribution in [0.2, 0.25) is 0 Å². The molecule has 184 valence electrons. The number of hydrogen-bond acceptors (Lipinski definition) is 3. The Morgan fingerprint density at radius 1 is 0.410 bits per heavy atom. The minimum Gasteiger partial charge on any atom is -0.292 e. The number of nitrogens with zero attached hydrogens (tertiary/aromatic N) is 4. The SMILES string of the molecule is c1ccc(-c2cc(-c3ccccc3)nc(-c3ccc(-n4c(-c5ccccc5)nc5ccccc54)cc3)n2)cc1. The van der Waals surface area contributed by atoms with E-state index >= 15 is 0 Å². The first-order chi connectivity index (χ1) is 19.3. The zero-order chi connectivity index (χ0) is 26.0. The third-order valence-corrected chi connectivity index (χ3v) is 6.84. The molecule has 0 aliphatic heterocycles. The van der Waals surface area contributed by atoms with Crippen molar-refractivity contribution in [1.82, 2.24) is 19.5 Å². The van der Waals surface area contributed by atoms with E-state index in [1.54, 1.807) is 0 Å². The zero-order valence-corrected chi connectivity index (χ0v) is 21.1. The van der Waals surface area contributed by atoms with Crippen LogP contribution in [0.15, 0.2) is 146 Å². The van der Waals surface area contributed by atoms with Crippen molar-refractivity contribution in [2.45, 2.75) is 0 Å². The van der Waals surface area contributed by atoms with Crippen LogP contribution in [0.1, 0.15) is 0 Å². The van der Waals surface area contributed by atoms with E-state index in [1.807, 2.05) is 60.7 Å². The molecule has 7 rings (SSSR count). The molecule has 0 atom stereocenters. The summed E-state index contributed by atoms with van der Waals surface area (Å²) in [6, 6.07) is 49.6. The Hall–Kier alpha value is -5.35. The predicted molar refractivity (Wildman–Crippen MR) is 158 cm³/mol. The van der Waals surface area contributed by atoms with Gasteiger partial charge < -0.3 is 0 Å². The number of benzene rings is 5. The lowest BCUT2D eigenvalue weighted by atomic mass is 10.1. The Morgan fingerprint density at radius 3 is 1.51 bits per heavy atom. The summed E-state index contributed by atoms with van der Waals surface area (Å²) in [5.41, 5.74) is 9.02. The average molecular weight is 501 g/mol. The molecule has 0 radical (unpaired) electrons. The van der Waals surface area contributed by atoms with Crippen molar-refractivity contribution in [1.29, 1.82) is 0 Å². The van der Waals surface area contributed by atoms with Crippen molar-refractivity contribution in [3.05, 3.63) is 146 Å². The summed E-state index contributed by atoms with van der Waals surface area (Å²) in [7, 11) is 0. The molecular weight excluding hydrogens is 476 g/mol. The van der Waals surface area contributed by atoms with Crippen LogP contribution < -0.4 is 0 Å². The van der Waals surface area contributed by atoms with E-state index in [0.717, 1.165) is 56.2 Å². The molecule has 39 heavy (non-hydrogen) atoms. The molecule has 0 bridgehead atoms. The van der Waals surface area contributed by atoms with Crippen LogP contribution in [0.3, 0.4) is 0 Å². The summed E-state index contributed by atoms with van der Waals surface area (Å²) in [5.74, 6) is 1.61. The van der Waals surface area contributed by atoms with Crippen molar-refractivity contribution in [3.8, 4) is 51.0 Å². The van der Waals surface area contributed by atoms with Gasteiger partial charge in [0.1, 0.15) is 5.82 Å². The number of aromatic nitrogens is 4. The lowest BCUT2D eigenvalue weighted by molar-refractivity contribution is 1.10. The van der Waals surface area contributed by atoms with E-state index in [2.05, 4.69) is 89.5 Å². The summed E-state index contributed by atoms with van der Waals surface area (Å²) < 4.78 is 2.21. The molecule has 0 fully saturated rings. The molecule has 0 saturated heterocycles. The second-order valence-electron chi connectivity index (χ2n) is 9.37. The Labute approximate surface area is 226 Å². The molecule has 0 N–H and O–H groups in total. The molecule has 0 amide bonds. The van der Waals surface area contributed by atoms with Crippen LogP contribution in [-0.2, 0) is 0 Å². The van der Waals surface area contributed by atoms with Gasteiger partial charge >= 0.3 is 0 Å². The third-order valence-electron chi connectivity index (χ3n) is 6.84. The van der Waals surface area contributed by atoms with Gasteiger partial charge in [-0.1, -0.05) is 103 Å². The predicted octanol–water partition coefficient (Wildman–Crippen LogP) is 8.48. The quantitative estimate of drug-likeness (QED) is 0.238. The summed E-state index contributed by atoms with van der Waals surface area (Å²) >= 11 is 0. The minimum atomic E-state index is 0.695. The molecule has 2 heterocycles. The molecule has 2 aromatic heterocycles. The van der Waals surface area contributed by atoms with Crippen LogP contribution in [-0.4, -0.2) is 19.5 Å². The normalized spacial score (nSPS) is 11.1. The van der Waals surface area contributed by atoms with Crippen LogP contribution in [0.25, 0.3) is 62.0 Å². The summed E-state index contributed by atoms with van der Waals surface area (Å²) in [6.45, 7) is 0. The van der Waals surface area contributed by atoms with Crippen LogP contribution >= 0.6 is 0 Å². The van der Waals surface area contributed by atoms with Gasteiger partial charge in [-0.25, -0.2) is 15.0 Å². The Bertz CT molecular complexity index is 1820. The Balaban J connectivity index is 1.35. The van der Waals surface area contributed by atoms with Gasteiger partial charge in [0, 0.05) is 27.9 Å². The van der Waals surface area contributed by atoms with Crippen LogP contribution in [0.4, 0.5) is 0 Å². The minimum absolute atomic E-state index is 0.695. The van der Waals surface area contributed by atoms with E-state index in [9.17, 15) is 0 Å². The van der Waals surface area contributed by atoms with Gasteiger partial charge in [-0.3, -0.25) is 4.57 Å². The van der Waals surface area contributed by atoms with Crippen molar-refractivity contribution >= 4 is 11.0 Å². The molecule has 0 aliphatic carbocycles. The Kier molecular flexibility index (Phi) is 5.76. The fourth-order valence-electron chi connectivity index (χ4n) is 4.92. The highest BCUT2D eigenvalue weighted by molar-refractivity contribution is 5.83. The number of fused-ring (bicyclic) bond motifs is 1. The first kappa shape index (κ1) is 22.8. The summed E-state index contributed by atoms with van der Waals surface area (Å²) in [6.07, 6.45) is 0. The highest BCUT2D eigenvalue weighted by Crippen LogP contribution is 2.31. The summed E-state index contributed by atoms with van der Waals surface area (Å²) in [5, 5.41) is 0. The lowest BCUT2D eigenvalue weighted by Crippen LogP contribution is -1.99. The van der Waals surface area contributed by atoms with E-state index in [1.165, 1.54) is 0 Å². The maximum Gasteiger partial charge on any atom is 0.160 e. The maximum absolute atomic E-state index is 4.98. The van der Waals surface area contributed by atoms with Crippen LogP contribution in [0.5, 0.6) is 0 Å². The fraction of sp³-hybridized carbons (Fsp3) is 0. The average Bonchev–Trinajstić information content (AvgIpc) is 3.42. The number of imidazole rings is 1. The number of hydrogen-bond donors (Lipinski definition) is 0. The topological polar surface area (TPSA) is 43.6 Å². The summed E-state index contributed by atoms with van der Waals surface area (Å²) in [4.78, 5) is 14.9. The zero-order valence-electron chi connectivity index (χ0n) is 21.1. The van der Waals surface area contributed by atoms with Crippen molar-refractivity contribution in [2.24, 2.45) is 0 Å². The monoisotopic (exact) mass is 500 g/mol. The van der Waals surface area contributed by atoms with E-state index in [-0.39, 0.29) is 0 Å². The molecule has 0 aliphatic rings. The molecule has 0 saturated carbocycles. The molecule has 5 aromatic carbocycles. The highest BCUT2D eigenvalue weighted by Gasteiger charge is 2.15. The van der Waals surface area contributed by atoms with Crippen molar-refractivity contribution in [3.63, 3.8) is 0 Å². The smallest absolute Gasteiger partial charge is 0.160 e.